The summed E-state index contributed by atoms with van der Waals surface area (Å²) in [4.78, 5) is 24.0. The van der Waals surface area contributed by atoms with Crippen LogP contribution in [0, 0.1) is 17.8 Å². The predicted molar refractivity (Wildman–Crippen MR) is 80.1 cm³/mol. The Hall–Kier alpha value is -2.10. The van der Waals surface area contributed by atoms with Crippen LogP contribution in [0.5, 0.6) is 0 Å². The van der Waals surface area contributed by atoms with Crippen molar-refractivity contribution in [3.05, 3.63) is 48.0 Å². The molecule has 0 saturated heterocycles. The molecule has 0 radical (unpaired) electrons. The van der Waals surface area contributed by atoms with Gasteiger partial charge < -0.3 is 11.1 Å². The third kappa shape index (κ3) is 2.99. The van der Waals surface area contributed by atoms with E-state index in [4.69, 9.17) is 5.73 Å². The van der Waals surface area contributed by atoms with Crippen LogP contribution in [-0.4, -0.2) is 17.9 Å². The Morgan fingerprint density at radius 1 is 1.19 bits per heavy atom. The Morgan fingerprint density at radius 3 is 2.52 bits per heavy atom. The van der Waals surface area contributed by atoms with Gasteiger partial charge in [-0.15, -0.1) is 0 Å². The zero-order valence-electron chi connectivity index (χ0n) is 11.9. The van der Waals surface area contributed by atoms with Crippen molar-refractivity contribution in [2.24, 2.45) is 23.5 Å². The van der Waals surface area contributed by atoms with Crippen molar-refractivity contribution in [1.82, 2.24) is 5.32 Å². The first-order valence-corrected chi connectivity index (χ1v) is 7.45. The molecule has 110 valence electrons. The number of allylic oxidation sites excluding steroid dienone is 2. The van der Waals surface area contributed by atoms with Crippen molar-refractivity contribution in [2.45, 2.75) is 25.3 Å². The van der Waals surface area contributed by atoms with Gasteiger partial charge in [-0.1, -0.05) is 42.5 Å². The first-order valence-electron chi connectivity index (χ1n) is 7.45. The number of carbonyl (C=O) groups is 2. The average Bonchev–Trinajstić information content (AvgIpc) is 3.10. The molecule has 21 heavy (non-hydrogen) atoms. The molecule has 0 unspecified atom stereocenters. The van der Waals surface area contributed by atoms with Crippen molar-refractivity contribution in [2.75, 3.05) is 0 Å². The first-order chi connectivity index (χ1) is 10.1. The van der Waals surface area contributed by atoms with Gasteiger partial charge in [0.25, 0.3) is 0 Å². The predicted octanol–water partition coefficient (Wildman–Crippen LogP) is 1.41. The number of rotatable bonds is 5. The SMILES string of the molecule is NC(=O)[C@H](Cc1ccccc1)NC(=O)[C@@H]1C[C@H]2C=C[C@H]1C2. The standard InChI is InChI=1S/C17H20N2O2/c18-16(20)15(10-11-4-2-1-3-5-11)19-17(21)14-9-12-6-7-13(14)8-12/h1-7,12-15H,8-10H2,(H2,18,20)(H,19,21)/t12-,13-,14+,15-/m0/s1. The highest BCUT2D eigenvalue weighted by Gasteiger charge is 2.40. The Labute approximate surface area is 124 Å². The molecule has 0 aliphatic heterocycles. The summed E-state index contributed by atoms with van der Waals surface area (Å²) < 4.78 is 0. The summed E-state index contributed by atoms with van der Waals surface area (Å²) in [5, 5.41) is 2.84. The monoisotopic (exact) mass is 284 g/mol. The molecule has 3 rings (SSSR count). The Bertz CT molecular complexity index is 567. The van der Waals surface area contributed by atoms with E-state index >= 15 is 0 Å². The van der Waals surface area contributed by atoms with Crippen LogP contribution in [0.1, 0.15) is 18.4 Å². The van der Waals surface area contributed by atoms with Gasteiger partial charge in [-0.2, -0.15) is 0 Å². The van der Waals surface area contributed by atoms with Crippen molar-refractivity contribution in [3.63, 3.8) is 0 Å². The number of nitrogens with one attached hydrogen (secondary N) is 1. The van der Waals surface area contributed by atoms with E-state index in [1.807, 2.05) is 30.3 Å². The van der Waals surface area contributed by atoms with Crippen molar-refractivity contribution >= 4 is 11.8 Å². The molecule has 0 spiro atoms. The molecule has 2 aliphatic rings. The van der Waals surface area contributed by atoms with E-state index in [-0.39, 0.29) is 11.8 Å². The summed E-state index contributed by atoms with van der Waals surface area (Å²) >= 11 is 0. The molecule has 4 atom stereocenters. The van der Waals surface area contributed by atoms with Crippen molar-refractivity contribution in [3.8, 4) is 0 Å². The molecule has 3 N–H and O–H groups in total. The van der Waals surface area contributed by atoms with Crippen LogP contribution >= 0.6 is 0 Å². The molecule has 1 fully saturated rings. The van der Waals surface area contributed by atoms with Gasteiger partial charge >= 0.3 is 0 Å². The van der Waals surface area contributed by atoms with Gasteiger partial charge in [-0.05, 0) is 30.2 Å². The summed E-state index contributed by atoms with van der Waals surface area (Å²) in [6.45, 7) is 0. The number of carbonyl (C=O) groups excluding carboxylic acids is 2. The fourth-order valence-electron chi connectivity index (χ4n) is 3.43. The molecule has 0 heterocycles. The van der Waals surface area contributed by atoms with E-state index in [2.05, 4.69) is 17.5 Å². The number of nitrogens with two attached hydrogens (primary N) is 1. The van der Waals surface area contributed by atoms with E-state index < -0.39 is 11.9 Å². The highest BCUT2D eigenvalue weighted by molar-refractivity contribution is 5.88. The third-order valence-corrected chi connectivity index (χ3v) is 4.56. The summed E-state index contributed by atoms with van der Waals surface area (Å²) in [7, 11) is 0. The largest absolute Gasteiger partial charge is 0.368 e. The lowest BCUT2D eigenvalue weighted by Crippen LogP contribution is -2.48. The van der Waals surface area contributed by atoms with Crippen LogP contribution in [0.25, 0.3) is 0 Å². The molecule has 1 aromatic rings. The number of hydrogen-bond acceptors (Lipinski definition) is 2. The maximum Gasteiger partial charge on any atom is 0.240 e. The summed E-state index contributed by atoms with van der Waals surface area (Å²) in [6, 6.07) is 8.97. The van der Waals surface area contributed by atoms with Crippen molar-refractivity contribution in [1.29, 1.82) is 0 Å². The molecule has 2 bridgehead atoms. The molecule has 1 aromatic carbocycles. The zero-order valence-corrected chi connectivity index (χ0v) is 11.9. The molecule has 1 saturated carbocycles. The molecule has 2 amide bonds. The van der Waals surface area contributed by atoms with Crippen LogP contribution in [0.15, 0.2) is 42.5 Å². The van der Waals surface area contributed by atoms with E-state index in [0.717, 1.165) is 18.4 Å². The maximum absolute atomic E-state index is 12.4. The Kier molecular flexibility index (Phi) is 3.78. The van der Waals surface area contributed by atoms with E-state index in [9.17, 15) is 9.59 Å². The van der Waals surface area contributed by atoms with Gasteiger partial charge in [0, 0.05) is 12.3 Å². The lowest BCUT2D eigenvalue weighted by Gasteiger charge is -2.21. The average molecular weight is 284 g/mol. The molecule has 2 aliphatic carbocycles. The topological polar surface area (TPSA) is 72.2 Å². The van der Waals surface area contributed by atoms with Gasteiger partial charge in [0.15, 0.2) is 0 Å². The normalized spacial score (nSPS) is 27.5. The van der Waals surface area contributed by atoms with Crippen molar-refractivity contribution < 1.29 is 9.59 Å². The zero-order chi connectivity index (χ0) is 14.8. The summed E-state index contributed by atoms with van der Waals surface area (Å²) in [5.41, 5.74) is 6.43. The van der Waals surface area contributed by atoms with Crippen LogP contribution in [0.2, 0.25) is 0 Å². The lowest BCUT2D eigenvalue weighted by molar-refractivity contribution is -0.130. The van der Waals surface area contributed by atoms with Crippen LogP contribution in [0.4, 0.5) is 0 Å². The van der Waals surface area contributed by atoms with Gasteiger partial charge in [-0.25, -0.2) is 0 Å². The van der Waals surface area contributed by atoms with Gasteiger partial charge in [0.05, 0.1) is 0 Å². The molecular weight excluding hydrogens is 264 g/mol. The smallest absolute Gasteiger partial charge is 0.240 e. The van der Waals surface area contributed by atoms with Gasteiger partial charge in [-0.3, -0.25) is 9.59 Å². The van der Waals surface area contributed by atoms with E-state index in [0.29, 0.717) is 18.3 Å². The minimum Gasteiger partial charge on any atom is -0.368 e. The number of benzene rings is 1. The lowest BCUT2D eigenvalue weighted by atomic mass is 9.92. The number of hydrogen-bond donors (Lipinski definition) is 2. The second-order valence-electron chi connectivity index (χ2n) is 6.04. The Morgan fingerprint density at radius 2 is 1.95 bits per heavy atom. The summed E-state index contributed by atoms with van der Waals surface area (Å²) in [6.07, 6.45) is 6.74. The molecule has 4 nitrogen and oxygen atoms in total. The first kappa shape index (κ1) is 13.9. The second kappa shape index (κ2) is 5.72. The molecule has 0 aromatic heterocycles. The van der Waals surface area contributed by atoms with Crippen LogP contribution < -0.4 is 11.1 Å². The van der Waals surface area contributed by atoms with Crippen LogP contribution in [-0.2, 0) is 16.0 Å². The summed E-state index contributed by atoms with van der Waals surface area (Å²) in [5.74, 6) is 0.349. The number of fused-ring (bicyclic) bond motifs is 2. The quantitative estimate of drug-likeness (QED) is 0.802. The second-order valence-corrected chi connectivity index (χ2v) is 6.04. The van der Waals surface area contributed by atoms with Gasteiger partial charge in [0.1, 0.15) is 6.04 Å². The van der Waals surface area contributed by atoms with E-state index in [1.165, 1.54) is 0 Å². The fourth-order valence-corrected chi connectivity index (χ4v) is 3.43. The highest BCUT2D eigenvalue weighted by atomic mass is 16.2. The highest BCUT2D eigenvalue weighted by Crippen LogP contribution is 2.43. The molecule has 4 heteroatoms. The third-order valence-electron chi connectivity index (χ3n) is 4.56. The minimum absolute atomic E-state index is 0.00220. The number of primary amides is 1. The van der Waals surface area contributed by atoms with E-state index in [1.54, 1.807) is 0 Å². The Balaban J connectivity index is 1.64. The number of amides is 2. The van der Waals surface area contributed by atoms with Gasteiger partial charge in [0.2, 0.25) is 11.8 Å². The fraction of sp³-hybridized carbons (Fsp3) is 0.412. The van der Waals surface area contributed by atoms with Crippen LogP contribution in [0.3, 0.4) is 0 Å². The molecular formula is C17H20N2O2. The minimum atomic E-state index is -0.636. The maximum atomic E-state index is 12.4.